The summed E-state index contributed by atoms with van der Waals surface area (Å²) in [6, 6.07) is 14.1. The van der Waals surface area contributed by atoms with Crippen LogP contribution in [0.1, 0.15) is 20.8 Å². The maximum absolute atomic E-state index is 13.5. The highest BCUT2D eigenvalue weighted by Crippen LogP contribution is 2.31. The summed E-state index contributed by atoms with van der Waals surface area (Å²) >= 11 is 1.52. The van der Waals surface area contributed by atoms with Crippen LogP contribution in [0.3, 0.4) is 0 Å². The molecular weight excluding hydrogens is 558 g/mol. The van der Waals surface area contributed by atoms with Crippen molar-refractivity contribution in [2.45, 2.75) is 18.0 Å². The first-order valence-corrected chi connectivity index (χ1v) is 14.5. The van der Waals surface area contributed by atoms with Gasteiger partial charge in [-0.15, -0.1) is 11.3 Å². The fraction of sp³-hybridized carbons (Fsp3) is 0.111. The number of sulfone groups is 1. The van der Waals surface area contributed by atoms with Gasteiger partial charge in [0.25, 0.3) is 5.91 Å². The number of hydrogen-bond donors (Lipinski definition) is 3. The molecule has 0 bridgehead atoms. The molecule has 0 saturated heterocycles. The third-order valence-corrected chi connectivity index (χ3v) is 8.23. The normalized spacial score (nSPS) is 11.5. The minimum absolute atomic E-state index is 0.00714. The second-order valence-electron chi connectivity index (χ2n) is 8.88. The number of benzene rings is 2. The van der Waals surface area contributed by atoms with Crippen LogP contribution < -0.4 is 16.4 Å². The average Bonchev–Trinajstić information content (AvgIpc) is 3.41. The first-order valence-electron chi connectivity index (χ1n) is 11.8. The molecular formula is C27H22F2N6O3S2. The van der Waals surface area contributed by atoms with E-state index in [0.717, 1.165) is 44.6 Å². The van der Waals surface area contributed by atoms with Crippen molar-refractivity contribution in [1.29, 1.82) is 0 Å². The largest absolute Gasteiger partial charge is 0.383 e. The molecule has 1 amide bonds. The van der Waals surface area contributed by atoms with Gasteiger partial charge in [0.1, 0.15) is 18.0 Å². The molecule has 13 heteroatoms. The van der Waals surface area contributed by atoms with E-state index in [0.29, 0.717) is 17.9 Å². The third kappa shape index (κ3) is 5.90. The second kappa shape index (κ2) is 10.9. The lowest BCUT2D eigenvalue weighted by atomic mass is 10.1. The van der Waals surface area contributed by atoms with Crippen molar-refractivity contribution in [1.82, 2.24) is 20.3 Å². The molecule has 0 fully saturated rings. The highest BCUT2D eigenvalue weighted by atomic mass is 32.2. The zero-order valence-electron chi connectivity index (χ0n) is 21.0. The molecule has 0 radical (unpaired) electrons. The van der Waals surface area contributed by atoms with E-state index < -0.39 is 27.4 Å². The van der Waals surface area contributed by atoms with Gasteiger partial charge >= 0.3 is 0 Å². The minimum Gasteiger partial charge on any atom is -0.383 e. The molecule has 0 spiro atoms. The maximum Gasteiger partial charge on any atom is 0.255 e. The van der Waals surface area contributed by atoms with Crippen molar-refractivity contribution in [3.63, 3.8) is 0 Å². The number of amides is 1. The van der Waals surface area contributed by atoms with Crippen LogP contribution in [-0.4, -0.2) is 35.5 Å². The topological polar surface area (TPSA) is 140 Å². The summed E-state index contributed by atoms with van der Waals surface area (Å²) in [6.45, 7) is 0.201. The van der Waals surface area contributed by atoms with Crippen LogP contribution in [0, 0.1) is 11.6 Å². The lowest BCUT2D eigenvalue weighted by Gasteiger charge is -2.12. The Kier molecular flexibility index (Phi) is 7.41. The van der Waals surface area contributed by atoms with Gasteiger partial charge < -0.3 is 16.4 Å². The molecule has 2 aromatic carbocycles. The van der Waals surface area contributed by atoms with E-state index in [1.165, 1.54) is 36.0 Å². The van der Waals surface area contributed by atoms with Crippen molar-refractivity contribution in [3.05, 3.63) is 94.8 Å². The smallest absolute Gasteiger partial charge is 0.255 e. The fourth-order valence-electron chi connectivity index (χ4n) is 3.92. The summed E-state index contributed by atoms with van der Waals surface area (Å²) in [7, 11) is -3.64. The van der Waals surface area contributed by atoms with Crippen molar-refractivity contribution in [2.24, 2.45) is 0 Å². The Morgan fingerprint density at radius 3 is 2.58 bits per heavy atom. The zero-order chi connectivity index (χ0) is 28.4. The van der Waals surface area contributed by atoms with Gasteiger partial charge in [-0.3, -0.25) is 4.79 Å². The second-order valence-corrected chi connectivity index (χ2v) is 12.1. The van der Waals surface area contributed by atoms with Gasteiger partial charge in [0.05, 0.1) is 22.5 Å². The monoisotopic (exact) mass is 580 g/mol. The van der Waals surface area contributed by atoms with Crippen LogP contribution in [0.15, 0.2) is 72.0 Å². The molecule has 9 nitrogen and oxygen atoms in total. The molecule has 3 heterocycles. The fourth-order valence-corrected chi connectivity index (χ4v) is 5.44. The predicted octanol–water partition coefficient (Wildman–Crippen LogP) is 4.56. The van der Waals surface area contributed by atoms with Crippen molar-refractivity contribution < 1.29 is 22.0 Å². The van der Waals surface area contributed by atoms with E-state index in [2.05, 4.69) is 25.6 Å². The first kappa shape index (κ1) is 27.1. The number of halogens is 2. The predicted molar refractivity (Wildman–Crippen MR) is 149 cm³/mol. The number of aromatic nitrogens is 3. The summed E-state index contributed by atoms with van der Waals surface area (Å²) in [5.74, 6) is -2.11. The Balaban J connectivity index is 1.35. The summed E-state index contributed by atoms with van der Waals surface area (Å²) in [5.41, 5.74) is 8.01. The highest BCUT2D eigenvalue weighted by molar-refractivity contribution is 7.90. The number of thiophene rings is 1. The standard InChI is InChI=1S/C27H22F2N6O3S2/c1-40(37,38)18-10-20(27(36)33-11-15-2-5-21(28)22(29)8-15)26(32-13-18)31-12-17-4-7-24(39-17)16-3-6-23-19(9-16)25(30)35-14-34-23/h2-10,13-14H,11-12H2,1H3,(H,31,32)(H,33,36)(H2,30,34,35). The minimum atomic E-state index is -3.64. The number of anilines is 2. The molecule has 0 aliphatic heterocycles. The molecule has 3 aromatic heterocycles. The van der Waals surface area contributed by atoms with E-state index in [4.69, 9.17) is 5.73 Å². The quantitative estimate of drug-likeness (QED) is 0.243. The molecule has 0 aliphatic carbocycles. The Bertz CT molecular complexity index is 1860. The van der Waals surface area contributed by atoms with Gasteiger partial charge in [0, 0.05) is 34.1 Å². The summed E-state index contributed by atoms with van der Waals surface area (Å²) < 4.78 is 51.0. The number of nitrogens with two attached hydrogens (primary N) is 1. The number of fused-ring (bicyclic) bond motifs is 1. The van der Waals surface area contributed by atoms with Gasteiger partial charge in [-0.1, -0.05) is 12.1 Å². The van der Waals surface area contributed by atoms with Crippen molar-refractivity contribution >= 4 is 49.6 Å². The molecule has 5 rings (SSSR count). The van der Waals surface area contributed by atoms with Gasteiger partial charge in [0.15, 0.2) is 21.5 Å². The van der Waals surface area contributed by atoms with E-state index in [1.807, 2.05) is 30.3 Å². The number of nitrogens with zero attached hydrogens (tertiary/aromatic N) is 3. The Morgan fingerprint density at radius 2 is 1.80 bits per heavy atom. The van der Waals surface area contributed by atoms with Crippen LogP contribution in [0.25, 0.3) is 21.3 Å². The lowest BCUT2D eigenvalue weighted by molar-refractivity contribution is 0.0951. The van der Waals surface area contributed by atoms with Crippen LogP contribution in [0.2, 0.25) is 0 Å². The first-order chi connectivity index (χ1) is 19.1. The number of rotatable bonds is 8. The molecule has 204 valence electrons. The summed E-state index contributed by atoms with van der Waals surface area (Å²) in [5, 5.41) is 6.46. The molecule has 0 atom stereocenters. The molecule has 0 saturated carbocycles. The number of hydrogen-bond acceptors (Lipinski definition) is 9. The number of nitrogen functional groups attached to an aromatic ring is 1. The van der Waals surface area contributed by atoms with Gasteiger partial charge in [-0.25, -0.2) is 32.2 Å². The summed E-state index contributed by atoms with van der Waals surface area (Å²) in [4.78, 5) is 27.3. The SMILES string of the molecule is CS(=O)(=O)c1cnc(NCc2ccc(-c3ccc4ncnc(N)c4c3)s2)c(C(=O)NCc2ccc(F)c(F)c2)c1. The zero-order valence-corrected chi connectivity index (χ0v) is 22.6. The Labute approximate surface area is 232 Å². The Morgan fingerprint density at radius 1 is 0.975 bits per heavy atom. The van der Waals surface area contributed by atoms with Gasteiger partial charge in [0.2, 0.25) is 0 Å². The van der Waals surface area contributed by atoms with Gasteiger partial charge in [-0.05, 0) is 53.6 Å². The summed E-state index contributed by atoms with van der Waals surface area (Å²) in [6.07, 6.45) is 3.60. The average molecular weight is 581 g/mol. The number of carbonyl (C=O) groups is 1. The molecule has 0 unspecified atom stereocenters. The highest BCUT2D eigenvalue weighted by Gasteiger charge is 2.18. The Hall–Kier alpha value is -4.49. The van der Waals surface area contributed by atoms with Crippen LogP contribution >= 0.6 is 11.3 Å². The third-order valence-electron chi connectivity index (χ3n) is 6.01. The number of pyridine rings is 1. The number of carbonyl (C=O) groups excluding carboxylic acids is 1. The lowest BCUT2D eigenvalue weighted by Crippen LogP contribution is -2.25. The van der Waals surface area contributed by atoms with Crippen molar-refractivity contribution in [2.75, 3.05) is 17.3 Å². The van der Waals surface area contributed by atoms with Gasteiger partial charge in [-0.2, -0.15) is 0 Å². The molecule has 40 heavy (non-hydrogen) atoms. The van der Waals surface area contributed by atoms with Crippen LogP contribution in [-0.2, 0) is 22.9 Å². The number of nitrogens with one attached hydrogen (secondary N) is 2. The van der Waals surface area contributed by atoms with E-state index in [9.17, 15) is 22.0 Å². The van der Waals surface area contributed by atoms with Crippen molar-refractivity contribution in [3.8, 4) is 10.4 Å². The van der Waals surface area contributed by atoms with E-state index in [-0.39, 0.29) is 22.8 Å². The van der Waals surface area contributed by atoms with E-state index in [1.54, 1.807) is 0 Å². The van der Waals surface area contributed by atoms with Crippen LogP contribution in [0.4, 0.5) is 20.4 Å². The molecule has 4 N–H and O–H groups in total. The molecule has 0 aliphatic rings. The molecule has 5 aromatic rings. The van der Waals surface area contributed by atoms with E-state index >= 15 is 0 Å². The van der Waals surface area contributed by atoms with Crippen LogP contribution in [0.5, 0.6) is 0 Å². The maximum atomic E-state index is 13.5.